The first-order valence-electron chi connectivity index (χ1n) is 10.1. The molecule has 0 bridgehead atoms. The van der Waals surface area contributed by atoms with E-state index in [2.05, 4.69) is 32.3 Å². The highest BCUT2D eigenvalue weighted by Gasteiger charge is 2.21. The summed E-state index contributed by atoms with van der Waals surface area (Å²) >= 11 is 1.15. The summed E-state index contributed by atoms with van der Waals surface area (Å²) in [4.78, 5) is 34.4. The van der Waals surface area contributed by atoms with Gasteiger partial charge in [-0.25, -0.2) is 14.8 Å². The Balaban J connectivity index is 1.41. The van der Waals surface area contributed by atoms with Gasteiger partial charge in [0.15, 0.2) is 5.16 Å². The Morgan fingerprint density at radius 1 is 1.35 bits per heavy atom. The molecular formula is C21H27N5O4S. The number of aromatic nitrogens is 2. The maximum absolute atomic E-state index is 12.2. The van der Waals surface area contributed by atoms with Gasteiger partial charge in [0.25, 0.3) is 0 Å². The smallest absolute Gasteiger partial charge is 0.343 e. The zero-order valence-corrected chi connectivity index (χ0v) is 18.3. The van der Waals surface area contributed by atoms with Crippen LogP contribution in [0.15, 0.2) is 41.7 Å². The number of nitrogen functional groups attached to an aromatic ring is 1. The molecule has 0 radical (unpaired) electrons. The van der Waals surface area contributed by atoms with E-state index in [1.807, 2.05) is 18.2 Å². The molecule has 1 aliphatic rings. The normalized spacial score (nSPS) is 16.6. The van der Waals surface area contributed by atoms with Crippen molar-refractivity contribution in [2.24, 2.45) is 0 Å². The molecule has 1 saturated heterocycles. The number of morpholine rings is 1. The van der Waals surface area contributed by atoms with Gasteiger partial charge < -0.3 is 20.5 Å². The van der Waals surface area contributed by atoms with Crippen LogP contribution in [0, 0.1) is 0 Å². The van der Waals surface area contributed by atoms with Crippen molar-refractivity contribution in [2.45, 2.75) is 24.7 Å². The van der Waals surface area contributed by atoms with Gasteiger partial charge in [0.2, 0.25) is 5.91 Å². The lowest BCUT2D eigenvalue weighted by atomic mass is 10.2. The van der Waals surface area contributed by atoms with Crippen molar-refractivity contribution in [3.8, 4) is 0 Å². The molecule has 1 atom stereocenters. The molecule has 10 heteroatoms. The van der Waals surface area contributed by atoms with Crippen LogP contribution in [-0.4, -0.2) is 71.4 Å². The van der Waals surface area contributed by atoms with Crippen LogP contribution in [0.3, 0.4) is 0 Å². The van der Waals surface area contributed by atoms with E-state index in [-0.39, 0.29) is 35.8 Å². The summed E-state index contributed by atoms with van der Waals surface area (Å²) in [6.45, 7) is 5.52. The molecule has 0 spiro atoms. The van der Waals surface area contributed by atoms with Gasteiger partial charge in [-0.05, 0) is 12.5 Å². The number of carbonyl (C=O) groups excluding carboxylic acids is 2. The molecule has 1 unspecified atom stereocenters. The molecule has 2 aromatic rings. The molecule has 0 aliphatic carbocycles. The quantitative estimate of drug-likeness (QED) is 0.335. The predicted octanol–water partition coefficient (Wildman–Crippen LogP) is 1.34. The van der Waals surface area contributed by atoms with Crippen molar-refractivity contribution in [2.75, 3.05) is 44.3 Å². The highest BCUT2D eigenvalue weighted by Crippen LogP contribution is 2.17. The standard InChI is InChI=1S/C21H27N5O4S/c1-2-29-20(28)17-11-24-21(25-19(17)22)31-14-18(27)23-10-16-13-26(8-9-30-16)12-15-6-4-3-5-7-15/h3-7,11,16H,2,8-10,12-14H2,1H3,(H,23,27)(H2,22,24,25). The topological polar surface area (TPSA) is 120 Å². The van der Waals surface area contributed by atoms with Gasteiger partial charge in [-0.3, -0.25) is 9.69 Å². The number of carbonyl (C=O) groups is 2. The summed E-state index contributed by atoms with van der Waals surface area (Å²) < 4.78 is 10.7. The second kappa shape index (κ2) is 11.6. The van der Waals surface area contributed by atoms with Crippen LogP contribution < -0.4 is 11.1 Å². The minimum absolute atomic E-state index is 0.0328. The summed E-state index contributed by atoms with van der Waals surface area (Å²) in [5, 5.41) is 3.22. The summed E-state index contributed by atoms with van der Waals surface area (Å²) in [6, 6.07) is 10.3. The average molecular weight is 446 g/mol. The summed E-state index contributed by atoms with van der Waals surface area (Å²) in [7, 11) is 0. The van der Waals surface area contributed by atoms with E-state index in [0.29, 0.717) is 18.3 Å². The van der Waals surface area contributed by atoms with Gasteiger partial charge in [-0.15, -0.1) is 0 Å². The molecule has 1 fully saturated rings. The number of ether oxygens (including phenoxy) is 2. The number of nitrogens with one attached hydrogen (secondary N) is 1. The lowest BCUT2D eigenvalue weighted by Gasteiger charge is -2.33. The van der Waals surface area contributed by atoms with Crippen LogP contribution in [0.4, 0.5) is 5.82 Å². The molecule has 0 saturated carbocycles. The molecule has 1 aromatic carbocycles. The van der Waals surface area contributed by atoms with E-state index in [9.17, 15) is 9.59 Å². The third kappa shape index (κ3) is 7.20. The Morgan fingerprint density at radius 2 is 2.16 bits per heavy atom. The minimum Gasteiger partial charge on any atom is -0.462 e. The molecule has 166 valence electrons. The highest BCUT2D eigenvalue weighted by molar-refractivity contribution is 7.99. The zero-order valence-electron chi connectivity index (χ0n) is 17.5. The third-order valence-corrected chi connectivity index (χ3v) is 5.48. The van der Waals surface area contributed by atoms with Crippen molar-refractivity contribution in [3.05, 3.63) is 47.7 Å². The Bertz CT molecular complexity index is 883. The fourth-order valence-electron chi connectivity index (χ4n) is 3.11. The van der Waals surface area contributed by atoms with E-state index in [1.54, 1.807) is 6.92 Å². The van der Waals surface area contributed by atoms with Crippen molar-refractivity contribution in [3.63, 3.8) is 0 Å². The maximum Gasteiger partial charge on any atom is 0.343 e. The second-order valence-corrected chi connectivity index (χ2v) is 7.92. The van der Waals surface area contributed by atoms with Gasteiger partial charge in [0, 0.05) is 32.4 Å². The van der Waals surface area contributed by atoms with Crippen LogP contribution >= 0.6 is 11.8 Å². The van der Waals surface area contributed by atoms with Crippen LogP contribution in [0.2, 0.25) is 0 Å². The van der Waals surface area contributed by atoms with Crippen LogP contribution in [0.1, 0.15) is 22.8 Å². The first kappa shape index (κ1) is 23.0. The monoisotopic (exact) mass is 445 g/mol. The molecular weight excluding hydrogens is 418 g/mol. The van der Waals surface area contributed by atoms with E-state index in [0.717, 1.165) is 31.4 Å². The Kier molecular flexibility index (Phi) is 8.63. The van der Waals surface area contributed by atoms with Crippen molar-refractivity contribution >= 4 is 29.5 Å². The van der Waals surface area contributed by atoms with E-state index in [4.69, 9.17) is 15.2 Å². The molecule has 3 rings (SSSR count). The fraction of sp³-hybridized carbons (Fsp3) is 0.429. The number of benzene rings is 1. The lowest BCUT2D eigenvalue weighted by molar-refractivity contribution is -0.119. The fourth-order valence-corrected chi connectivity index (χ4v) is 3.76. The van der Waals surface area contributed by atoms with Crippen molar-refractivity contribution in [1.82, 2.24) is 20.2 Å². The Hall–Kier alpha value is -2.69. The number of thioether (sulfide) groups is 1. The predicted molar refractivity (Wildman–Crippen MR) is 118 cm³/mol. The number of amides is 1. The molecule has 9 nitrogen and oxygen atoms in total. The first-order chi connectivity index (χ1) is 15.0. The molecule has 31 heavy (non-hydrogen) atoms. The second-order valence-electron chi connectivity index (χ2n) is 6.98. The zero-order chi connectivity index (χ0) is 22.1. The van der Waals surface area contributed by atoms with Crippen molar-refractivity contribution < 1.29 is 19.1 Å². The number of hydrogen-bond acceptors (Lipinski definition) is 9. The number of esters is 1. The van der Waals surface area contributed by atoms with E-state index >= 15 is 0 Å². The number of anilines is 1. The average Bonchev–Trinajstić information content (AvgIpc) is 2.77. The van der Waals surface area contributed by atoms with Crippen LogP contribution in [0.25, 0.3) is 0 Å². The SMILES string of the molecule is CCOC(=O)c1cnc(SCC(=O)NCC2CN(Cc3ccccc3)CCO2)nc1N. The number of rotatable bonds is 9. The van der Waals surface area contributed by atoms with Gasteiger partial charge in [-0.1, -0.05) is 42.1 Å². The lowest BCUT2D eigenvalue weighted by Crippen LogP contribution is -2.47. The van der Waals surface area contributed by atoms with E-state index < -0.39 is 5.97 Å². The van der Waals surface area contributed by atoms with Crippen molar-refractivity contribution in [1.29, 1.82) is 0 Å². The largest absolute Gasteiger partial charge is 0.462 e. The number of hydrogen-bond donors (Lipinski definition) is 2. The summed E-state index contributed by atoms with van der Waals surface area (Å²) in [5.74, 6) is -0.544. The molecule has 1 amide bonds. The Morgan fingerprint density at radius 3 is 2.90 bits per heavy atom. The molecule has 2 heterocycles. The number of nitrogens with zero attached hydrogens (tertiary/aromatic N) is 3. The maximum atomic E-state index is 12.2. The molecule has 1 aromatic heterocycles. The van der Waals surface area contributed by atoms with Crippen LogP contribution in [0.5, 0.6) is 0 Å². The van der Waals surface area contributed by atoms with Gasteiger partial charge >= 0.3 is 5.97 Å². The summed E-state index contributed by atoms with van der Waals surface area (Å²) in [6.07, 6.45) is 1.26. The van der Waals surface area contributed by atoms with E-state index in [1.165, 1.54) is 11.8 Å². The number of nitrogens with two attached hydrogens (primary N) is 1. The first-order valence-corrected chi connectivity index (χ1v) is 11.1. The van der Waals surface area contributed by atoms with Gasteiger partial charge in [-0.2, -0.15) is 0 Å². The third-order valence-electron chi connectivity index (χ3n) is 4.62. The Labute approximate surface area is 185 Å². The van der Waals surface area contributed by atoms with Gasteiger partial charge in [0.05, 0.1) is 25.1 Å². The molecule has 1 aliphatic heterocycles. The highest BCUT2D eigenvalue weighted by atomic mass is 32.2. The summed E-state index contributed by atoms with van der Waals surface area (Å²) in [5.41, 5.74) is 7.17. The van der Waals surface area contributed by atoms with Gasteiger partial charge in [0.1, 0.15) is 11.4 Å². The van der Waals surface area contributed by atoms with Crippen LogP contribution in [-0.2, 0) is 20.8 Å². The minimum atomic E-state index is -0.567. The molecule has 3 N–H and O–H groups in total.